The summed E-state index contributed by atoms with van der Waals surface area (Å²) in [6.07, 6.45) is 2.66. The molecule has 0 atom stereocenters. The van der Waals surface area contributed by atoms with E-state index >= 15 is 0 Å². The van der Waals surface area contributed by atoms with Crippen molar-refractivity contribution in [2.24, 2.45) is 0 Å². The van der Waals surface area contributed by atoms with Gasteiger partial charge in [-0.2, -0.15) is 0 Å². The van der Waals surface area contributed by atoms with E-state index in [1.807, 2.05) is 29.6 Å². The molecule has 2 aromatic heterocycles. The Morgan fingerprint density at radius 2 is 2.08 bits per heavy atom. The molecule has 1 aromatic carbocycles. The van der Waals surface area contributed by atoms with Crippen molar-refractivity contribution >= 4 is 45.5 Å². The van der Waals surface area contributed by atoms with Crippen LogP contribution in [-0.4, -0.2) is 15.9 Å². The van der Waals surface area contributed by atoms with Crippen LogP contribution in [0.15, 0.2) is 48.0 Å². The summed E-state index contributed by atoms with van der Waals surface area (Å²) in [5.74, 6) is 0.578. The standard InChI is InChI=1S/C18H17ClN4OS/c1-2-12-5-3-4-6-15(12)22-17(24)9-14-11-25-18(21-14)23-16-8-7-13(19)10-20-16/h3-8,10-11H,2,9H2,1H3,(H,22,24)(H,20,21,23). The lowest BCUT2D eigenvalue weighted by molar-refractivity contribution is -0.115. The van der Waals surface area contributed by atoms with Crippen molar-refractivity contribution in [1.29, 1.82) is 0 Å². The second kappa shape index (κ2) is 8.09. The zero-order chi connectivity index (χ0) is 17.6. The molecule has 0 bridgehead atoms. The number of aryl methyl sites for hydroxylation is 1. The molecule has 0 aliphatic heterocycles. The van der Waals surface area contributed by atoms with E-state index in [-0.39, 0.29) is 12.3 Å². The minimum Gasteiger partial charge on any atom is -0.325 e. The highest BCUT2D eigenvalue weighted by atomic mass is 35.5. The summed E-state index contributed by atoms with van der Waals surface area (Å²) in [5, 5.41) is 9.18. The molecule has 1 amide bonds. The normalized spacial score (nSPS) is 10.5. The molecule has 128 valence electrons. The number of benzene rings is 1. The number of amides is 1. The molecule has 0 unspecified atom stereocenters. The summed E-state index contributed by atoms with van der Waals surface area (Å²) in [7, 11) is 0. The van der Waals surface area contributed by atoms with E-state index in [4.69, 9.17) is 11.6 Å². The molecule has 0 saturated carbocycles. The Morgan fingerprint density at radius 3 is 2.84 bits per heavy atom. The fraction of sp³-hybridized carbons (Fsp3) is 0.167. The Labute approximate surface area is 155 Å². The average Bonchev–Trinajstić information content (AvgIpc) is 3.04. The van der Waals surface area contributed by atoms with Crippen LogP contribution in [0.25, 0.3) is 0 Å². The molecular weight excluding hydrogens is 356 g/mol. The van der Waals surface area contributed by atoms with E-state index in [0.29, 0.717) is 21.7 Å². The monoisotopic (exact) mass is 372 g/mol. The van der Waals surface area contributed by atoms with Crippen molar-refractivity contribution in [1.82, 2.24) is 9.97 Å². The molecule has 5 nitrogen and oxygen atoms in total. The minimum atomic E-state index is -0.0811. The summed E-state index contributed by atoms with van der Waals surface area (Å²) in [4.78, 5) is 20.8. The van der Waals surface area contributed by atoms with E-state index in [2.05, 4.69) is 27.5 Å². The number of nitrogens with one attached hydrogen (secondary N) is 2. The Morgan fingerprint density at radius 1 is 1.24 bits per heavy atom. The molecule has 0 aliphatic carbocycles. The number of nitrogens with zero attached hydrogens (tertiary/aromatic N) is 2. The SMILES string of the molecule is CCc1ccccc1NC(=O)Cc1csc(Nc2ccc(Cl)cn2)n1. The summed E-state index contributed by atoms with van der Waals surface area (Å²) in [6.45, 7) is 2.06. The van der Waals surface area contributed by atoms with Crippen LogP contribution in [0.5, 0.6) is 0 Å². The van der Waals surface area contributed by atoms with E-state index in [0.717, 1.165) is 17.7 Å². The van der Waals surface area contributed by atoms with Gasteiger partial charge in [-0.15, -0.1) is 11.3 Å². The number of pyridine rings is 1. The largest absolute Gasteiger partial charge is 0.325 e. The smallest absolute Gasteiger partial charge is 0.230 e. The van der Waals surface area contributed by atoms with Crippen LogP contribution < -0.4 is 10.6 Å². The van der Waals surface area contributed by atoms with Crippen molar-refractivity contribution in [3.05, 3.63) is 64.3 Å². The molecule has 3 rings (SSSR count). The Hall–Kier alpha value is -2.44. The molecule has 3 aromatic rings. The highest BCUT2D eigenvalue weighted by molar-refractivity contribution is 7.13. The van der Waals surface area contributed by atoms with E-state index in [9.17, 15) is 4.79 Å². The fourth-order valence-corrected chi connectivity index (χ4v) is 3.14. The van der Waals surface area contributed by atoms with E-state index in [1.54, 1.807) is 18.3 Å². The summed E-state index contributed by atoms with van der Waals surface area (Å²) < 4.78 is 0. The topological polar surface area (TPSA) is 66.9 Å². The van der Waals surface area contributed by atoms with Gasteiger partial charge in [0.05, 0.1) is 17.1 Å². The van der Waals surface area contributed by atoms with Gasteiger partial charge in [0, 0.05) is 17.3 Å². The van der Waals surface area contributed by atoms with Crippen LogP contribution >= 0.6 is 22.9 Å². The molecular formula is C18H17ClN4OS. The first-order chi connectivity index (χ1) is 12.1. The number of thiazole rings is 1. The Bertz CT molecular complexity index is 864. The predicted octanol–water partition coefficient (Wildman–Crippen LogP) is 4.68. The third-order valence-electron chi connectivity index (χ3n) is 3.53. The number of hydrogen-bond acceptors (Lipinski definition) is 5. The maximum atomic E-state index is 12.3. The van der Waals surface area contributed by atoms with Gasteiger partial charge in [0.25, 0.3) is 0 Å². The zero-order valence-corrected chi connectivity index (χ0v) is 15.2. The minimum absolute atomic E-state index is 0.0811. The molecule has 2 heterocycles. The van der Waals surface area contributed by atoms with E-state index in [1.165, 1.54) is 11.3 Å². The quantitative estimate of drug-likeness (QED) is 0.659. The number of halogens is 1. The Kier molecular flexibility index (Phi) is 5.63. The molecule has 2 N–H and O–H groups in total. The molecule has 0 aliphatic rings. The number of aromatic nitrogens is 2. The summed E-state index contributed by atoms with van der Waals surface area (Å²) in [6, 6.07) is 11.3. The fourth-order valence-electron chi connectivity index (χ4n) is 2.31. The maximum absolute atomic E-state index is 12.3. The number of rotatable bonds is 6. The third kappa shape index (κ3) is 4.78. The van der Waals surface area contributed by atoms with Gasteiger partial charge in [0.1, 0.15) is 5.82 Å². The molecule has 0 radical (unpaired) electrons. The van der Waals surface area contributed by atoms with Gasteiger partial charge in [-0.25, -0.2) is 9.97 Å². The first-order valence-electron chi connectivity index (χ1n) is 7.85. The number of hydrogen-bond donors (Lipinski definition) is 2. The molecule has 0 spiro atoms. The second-order valence-electron chi connectivity index (χ2n) is 5.37. The maximum Gasteiger partial charge on any atom is 0.230 e. The van der Waals surface area contributed by atoms with Gasteiger partial charge >= 0.3 is 0 Å². The molecule has 25 heavy (non-hydrogen) atoms. The molecule has 0 fully saturated rings. The molecule has 7 heteroatoms. The van der Waals surface area contributed by atoms with Crippen molar-refractivity contribution < 1.29 is 4.79 Å². The van der Waals surface area contributed by atoms with Gasteiger partial charge in [-0.3, -0.25) is 4.79 Å². The third-order valence-corrected chi connectivity index (χ3v) is 4.56. The second-order valence-corrected chi connectivity index (χ2v) is 6.66. The van der Waals surface area contributed by atoms with Crippen LogP contribution in [0.4, 0.5) is 16.6 Å². The van der Waals surface area contributed by atoms with Gasteiger partial charge in [-0.1, -0.05) is 36.7 Å². The van der Waals surface area contributed by atoms with Crippen molar-refractivity contribution in [2.75, 3.05) is 10.6 Å². The van der Waals surface area contributed by atoms with Crippen LogP contribution in [0.1, 0.15) is 18.2 Å². The average molecular weight is 373 g/mol. The zero-order valence-electron chi connectivity index (χ0n) is 13.6. The predicted molar refractivity (Wildman–Crippen MR) is 103 cm³/mol. The number of para-hydroxylation sites is 1. The van der Waals surface area contributed by atoms with Crippen LogP contribution in [-0.2, 0) is 17.6 Å². The lowest BCUT2D eigenvalue weighted by atomic mass is 10.1. The number of carbonyl (C=O) groups excluding carboxylic acids is 1. The van der Waals surface area contributed by atoms with Gasteiger partial charge < -0.3 is 10.6 Å². The first kappa shape index (κ1) is 17.4. The lowest BCUT2D eigenvalue weighted by Gasteiger charge is -2.08. The highest BCUT2D eigenvalue weighted by Gasteiger charge is 2.10. The molecule has 0 saturated heterocycles. The van der Waals surface area contributed by atoms with Crippen molar-refractivity contribution in [3.63, 3.8) is 0 Å². The lowest BCUT2D eigenvalue weighted by Crippen LogP contribution is -2.15. The highest BCUT2D eigenvalue weighted by Crippen LogP contribution is 2.21. The van der Waals surface area contributed by atoms with Crippen molar-refractivity contribution in [3.8, 4) is 0 Å². The number of carbonyl (C=O) groups is 1. The van der Waals surface area contributed by atoms with Crippen LogP contribution in [0.2, 0.25) is 5.02 Å². The van der Waals surface area contributed by atoms with Gasteiger partial charge in [0.2, 0.25) is 5.91 Å². The summed E-state index contributed by atoms with van der Waals surface area (Å²) >= 11 is 7.25. The van der Waals surface area contributed by atoms with Crippen molar-refractivity contribution in [2.45, 2.75) is 19.8 Å². The van der Waals surface area contributed by atoms with E-state index < -0.39 is 0 Å². The van der Waals surface area contributed by atoms with Gasteiger partial charge in [-0.05, 0) is 30.2 Å². The number of anilines is 3. The first-order valence-corrected chi connectivity index (χ1v) is 9.10. The van der Waals surface area contributed by atoms with Crippen LogP contribution in [0, 0.1) is 0 Å². The Balaban J connectivity index is 1.61. The van der Waals surface area contributed by atoms with Crippen LogP contribution in [0.3, 0.4) is 0 Å². The van der Waals surface area contributed by atoms with Gasteiger partial charge in [0.15, 0.2) is 5.13 Å². The summed E-state index contributed by atoms with van der Waals surface area (Å²) in [5.41, 5.74) is 2.69.